The first-order valence-electron chi connectivity index (χ1n) is 10.4. The quantitative estimate of drug-likeness (QED) is 0.834. The van der Waals surface area contributed by atoms with Crippen molar-refractivity contribution < 1.29 is 14.3 Å². The van der Waals surface area contributed by atoms with E-state index < -0.39 is 6.10 Å². The molecule has 0 bridgehead atoms. The lowest BCUT2D eigenvalue weighted by Crippen LogP contribution is -2.48. The number of benzene rings is 2. The van der Waals surface area contributed by atoms with Crippen LogP contribution in [0, 0.1) is 6.92 Å². The molecule has 2 aromatic rings. The average molecular weight is 392 g/mol. The van der Waals surface area contributed by atoms with Crippen molar-refractivity contribution in [3.05, 3.63) is 59.7 Å². The number of fused-ring (bicyclic) bond motifs is 1. The second kappa shape index (κ2) is 7.90. The summed E-state index contributed by atoms with van der Waals surface area (Å²) >= 11 is 0. The minimum absolute atomic E-state index is 0.0159. The van der Waals surface area contributed by atoms with Gasteiger partial charge in [0, 0.05) is 13.0 Å². The Morgan fingerprint density at radius 3 is 2.69 bits per heavy atom. The minimum atomic E-state index is -0.540. The van der Waals surface area contributed by atoms with E-state index in [0.29, 0.717) is 12.3 Å². The van der Waals surface area contributed by atoms with Gasteiger partial charge in [-0.25, -0.2) is 0 Å². The van der Waals surface area contributed by atoms with Gasteiger partial charge >= 0.3 is 0 Å². The Morgan fingerprint density at radius 1 is 1.17 bits per heavy atom. The van der Waals surface area contributed by atoms with Crippen molar-refractivity contribution in [1.82, 2.24) is 5.32 Å². The number of hydrogen-bond donors (Lipinski definition) is 1. The van der Waals surface area contributed by atoms with Crippen molar-refractivity contribution in [3.8, 4) is 5.75 Å². The van der Waals surface area contributed by atoms with Gasteiger partial charge < -0.3 is 15.0 Å². The number of anilines is 1. The van der Waals surface area contributed by atoms with E-state index in [1.165, 1.54) is 11.1 Å². The summed E-state index contributed by atoms with van der Waals surface area (Å²) in [4.78, 5) is 27.2. The molecule has 152 valence electrons. The smallest absolute Gasteiger partial charge is 0.267 e. The van der Waals surface area contributed by atoms with Gasteiger partial charge in [-0.1, -0.05) is 54.8 Å². The maximum Gasteiger partial charge on any atom is 0.267 e. The standard InChI is InChI=1S/C24H28N2O3/c1-17-8-7-9-19(16-17)24(13-5-6-14-24)25-22(27)12-15-26-20-10-3-4-11-21(20)29-18(2)23(26)28/h3-4,7-11,16,18H,5-6,12-15H2,1-2H3,(H,25,27). The van der Waals surface area contributed by atoms with Gasteiger partial charge in [0.2, 0.25) is 5.91 Å². The Hall–Kier alpha value is -2.82. The van der Waals surface area contributed by atoms with Crippen molar-refractivity contribution >= 4 is 17.5 Å². The summed E-state index contributed by atoms with van der Waals surface area (Å²) in [6.07, 6.45) is 3.86. The maximum atomic E-state index is 12.9. The number of nitrogens with zero attached hydrogens (tertiary/aromatic N) is 1. The summed E-state index contributed by atoms with van der Waals surface area (Å²) in [5.41, 5.74) is 2.83. The molecule has 1 aliphatic carbocycles. The molecule has 0 aromatic heterocycles. The number of para-hydroxylation sites is 2. The molecule has 1 fully saturated rings. The van der Waals surface area contributed by atoms with Crippen LogP contribution in [-0.4, -0.2) is 24.5 Å². The third-order valence-corrected chi connectivity index (χ3v) is 6.04. The molecule has 5 nitrogen and oxygen atoms in total. The van der Waals surface area contributed by atoms with Crippen molar-refractivity contribution in [1.29, 1.82) is 0 Å². The van der Waals surface area contributed by atoms with E-state index in [0.717, 1.165) is 31.4 Å². The highest BCUT2D eigenvalue weighted by atomic mass is 16.5. The maximum absolute atomic E-state index is 12.9. The zero-order valence-electron chi connectivity index (χ0n) is 17.1. The number of rotatable bonds is 5. The molecule has 0 radical (unpaired) electrons. The van der Waals surface area contributed by atoms with E-state index in [9.17, 15) is 9.59 Å². The third kappa shape index (κ3) is 3.86. The van der Waals surface area contributed by atoms with E-state index >= 15 is 0 Å². The van der Waals surface area contributed by atoms with Gasteiger partial charge in [-0.3, -0.25) is 9.59 Å². The van der Waals surface area contributed by atoms with Crippen LogP contribution in [0.4, 0.5) is 5.69 Å². The first kappa shape index (κ1) is 19.5. The van der Waals surface area contributed by atoms with Crippen LogP contribution < -0.4 is 15.0 Å². The molecular formula is C24H28N2O3. The minimum Gasteiger partial charge on any atom is -0.479 e. The summed E-state index contributed by atoms with van der Waals surface area (Å²) in [5.74, 6) is 0.565. The lowest BCUT2D eigenvalue weighted by Gasteiger charge is -2.34. The van der Waals surface area contributed by atoms with Crippen molar-refractivity contribution in [2.75, 3.05) is 11.4 Å². The number of aryl methyl sites for hydroxylation is 1. The van der Waals surface area contributed by atoms with Gasteiger partial charge in [-0.05, 0) is 44.4 Å². The van der Waals surface area contributed by atoms with Gasteiger partial charge in [0.15, 0.2) is 6.10 Å². The molecule has 5 heteroatoms. The molecule has 2 amide bonds. The fraction of sp³-hybridized carbons (Fsp3) is 0.417. The molecular weight excluding hydrogens is 364 g/mol. The highest BCUT2D eigenvalue weighted by Gasteiger charge is 2.37. The lowest BCUT2D eigenvalue weighted by molar-refractivity contribution is -0.126. The predicted octanol–water partition coefficient (Wildman–Crippen LogP) is 4.08. The molecule has 0 spiro atoms. The van der Waals surface area contributed by atoms with Crippen molar-refractivity contribution in [2.24, 2.45) is 0 Å². The monoisotopic (exact) mass is 392 g/mol. The predicted molar refractivity (Wildman–Crippen MR) is 113 cm³/mol. The van der Waals surface area contributed by atoms with Crippen LogP contribution in [0.25, 0.3) is 0 Å². The van der Waals surface area contributed by atoms with Gasteiger partial charge in [0.25, 0.3) is 5.91 Å². The molecule has 1 aliphatic heterocycles. The van der Waals surface area contributed by atoms with Gasteiger partial charge in [-0.2, -0.15) is 0 Å². The lowest BCUT2D eigenvalue weighted by atomic mass is 9.87. The van der Waals surface area contributed by atoms with E-state index in [1.807, 2.05) is 24.3 Å². The Morgan fingerprint density at radius 2 is 1.93 bits per heavy atom. The number of carbonyl (C=O) groups is 2. The van der Waals surface area contributed by atoms with Crippen molar-refractivity contribution in [3.63, 3.8) is 0 Å². The van der Waals surface area contributed by atoms with E-state index in [-0.39, 0.29) is 23.8 Å². The first-order valence-corrected chi connectivity index (χ1v) is 10.4. The average Bonchev–Trinajstić information content (AvgIpc) is 3.18. The molecule has 1 atom stereocenters. The summed E-state index contributed by atoms with van der Waals surface area (Å²) in [6, 6.07) is 15.9. The van der Waals surface area contributed by atoms with Crippen LogP contribution in [0.5, 0.6) is 5.75 Å². The molecule has 2 aromatic carbocycles. The Balaban J connectivity index is 1.48. The van der Waals surface area contributed by atoms with Crippen LogP contribution in [0.1, 0.15) is 50.2 Å². The summed E-state index contributed by atoms with van der Waals surface area (Å²) in [6.45, 7) is 4.17. The fourth-order valence-electron chi connectivity index (χ4n) is 4.54. The van der Waals surface area contributed by atoms with E-state index in [4.69, 9.17) is 4.74 Å². The number of carbonyl (C=O) groups excluding carboxylic acids is 2. The van der Waals surface area contributed by atoms with Gasteiger partial charge in [0.05, 0.1) is 11.2 Å². The number of nitrogens with one attached hydrogen (secondary N) is 1. The Bertz CT molecular complexity index is 918. The molecule has 29 heavy (non-hydrogen) atoms. The van der Waals surface area contributed by atoms with Gasteiger partial charge in [0.1, 0.15) is 5.75 Å². The molecule has 1 heterocycles. The molecule has 1 N–H and O–H groups in total. The molecule has 0 saturated heterocycles. The molecule has 1 saturated carbocycles. The van der Waals surface area contributed by atoms with E-state index in [2.05, 4.69) is 36.5 Å². The Kier molecular flexibility index (Phi) is 5.31. The number of ether oxygens (including phenoxy) is 1. The second-order valence-electron chi connectivity index (χ2n) is 8.17. The second-order valence-corrected chi connectivity index (χ2v) is 8.17. The van der Waals surface area contributed by atoms with Crippen LogP contribution in [-0.2, 0) is 15.1 Å². The summed E-state index contributed by atoms with van der Waals surface area (Å²) in [7, 11) is 0. The van der Waals surface area contributed by atoms with Crippen LogP contribution >= 0.6 is 0 Å². The number of amides is 2. The van der Waals surface area contributed by atoms with Crippen LogP contribution in [0.3, 0.4) is 0 Å². The van der Waals surface area contributed by atoms with Crippen LogP contribution in [0.2, 0.25) is 0 Å². The summed E-state index contributed by atoms with van der Waals surface area (Å²) < 4.78 is 5.68. The largest absolute Gasteiger partial charge is 0.479 e. The molecule has 2 aliphatic rings. The molecule has 4 rings (SSSR count). The first-order chi connectivity index (χ1) is 14.0. The fourth-order valence-corrected chi connectivity index (χ4v) is 4.54. The SMILES string of the molecule is Cc1cccc(C2(NC(=O)CCN3C(=O)C(C)Oc4ccccc43)CCCC2)c1. The van der Waals surface area contributed by atoms with Gasteiger partial charge in [-0.15, -0.1) is 0 Å². The number of hydrogen-bond acceptors (Lipinski definition) is 3. The van der Waals surface area contributed by atoms with Crippen molar-refractivity contribution in [2.45, 2.75) is 57.6 Å². The molecule has 1 unspecified atom stereocenters. The highest BCUT2D eigenvalue weighted by Crippen LogP contribution is 2.39. The topological polar surface area (TPSA) is 58.6 Å². The zero-order valence-corrected chi connectivity index (χ0v) is 17.1. The van der Waals surface area contributed by atoms with E-state index in [1.54, 1.807) is 11.8 Å². The van der Waals surface area contributed by atoms with Crippen LogP contribution in [0.15, 0.2) is 48.5 Å². The zero-order chi connectivity index (χ0) is 20.4. The Labute approximate surface area is 172 Å². The third-order valence-electron chi connectivity index (χ3n) is 6.04. The highest BCUT2D eigenvalue weighted by molar-refractivity contribution is 6.00. The summed E-state index contributed by atoms with van der Waals surface area (Å²) in [5, 5.41) is 3.32. The normalized spacial score (nSPS) is 20.1.